The molecule has 0 bridgehead atoms. The van der Waals surface area contributed by atoms with Gasteiger partial charge < -0.3 is 14.4 Å². The number of anilines is 1. The van der Waals surface area contributed by atoms with E-state index in [9.17, 15) is 0 Å². The van der Waals surface area contributed by atoms with Crippen LogP contribution in [0.25, 0.3) is 0 Å². The quantitative estimate of drug-likeness (QED) is 0.817. The second kappa shape index (κ2) is 6.90. The Balaban J connectivity index is 2.03. The van der Waals surface area contributed by atoms with Crippen molar-refractivity contribution in [2.75, 3.05) is 51.9 Å². The monoisotopic (exact) mass is 279 g/mol. The normalized spacial score (nSPS) is 17.8. The van der Waals surface area contributed by atoms with Gasteiger partial charge in [0.2, 0.25) is 0 Å². The molecule has 1 atom stereocenters. The van der Waals surface area contributed by atoms with Gasteiger partial charge >= 0.3 is 0 Å². The molecule has 1 aromatic rings. The van der Waals surface area contributed by atoms with Crippen LogP contribution in [-0.4, -0.2) is 62.9 Å². The van der Waals surface area contributed by atoms with Gasteiger partial charge in [0.05, 0.1) is 20.3 Å². The zero-order valence-electron chi connectivity index (χ0n) is 12.9. The molecule has 1 saturated heterocycles. The molecule has 20 heavy (non-hydrogen) atoms. The second-order valence-electron chi connectivity index (χ2n) is 5.36. The maximum absolute atomic E-state index is 5.41. The first-order chi connectivity index (χ1) is 9.61. The number of nitrogens with zero attached hydrogens (tertiary/aromatic N) is 3. The Morgan fingerprint density at radius 2 is 2.10 bits per heavy atom. The molecule has 5 heteroatoms. The Kier molecular flexibility index (Phi) is 5.20. The highest BCUT2D eigenvalue weighted by Crippen LogP contribution is 2.25. The van der Waals surface area contributed by atoms with Gasteiger partial charge in [0.25, 0.3) is 0 Å². The molecule has 2 heterocycles. The van der Waals surface area contributed by atoms with Crippen LogP contribution in [0.2, 0.25) is 0 Å². The van der Waals surface area contributed by atoms with E-state index in [1.165, 1.54) is 0 Å². The van der Waals surface area contributed by atoms with Crippen LogP contribution in [0.4, 0.5) is 5.82 Å². The zero-order chi connectivity index (χ0) is 14.5. The van der Waals surface area contributed by atoms with E-state index in [1.54, 1.807) is 7.11 Å². The first kappa shape index (κ1) is 15.1. The Morgan fingerprint density at radius 3 is 2.75 bits per heavy atom. The van der Waals surface area contributed by atoms with Crippen molar-refractivity contribution in [3.8, 4) is 5.75 Å². The molecule has 0 aromatic carbocycles. The fourth-order valence-corrected chi connectivity index (χ4v) is 2.58. The first-order valence-corrected chi connectivity index (χ1v) is 7.16. The van der Waals surface area contributed by atoms with E-state index in [4.69, 9.17) is 9.47 Å². The summed E-state index contributed by atoms with van der Waals surface area (Å²) in [5.41, 5.74) is 1.01. The SMILES string of the molecule is COc1ccc(C)nc1N(C)CC(C)N1CCOCC1. The Morgan fingerprint density at radius 1 is 1.40 bits per heavy atom. The molecule has 5 nitrogen and oxygen atoms in total. The van der Waals surface area contributed by atoms with Gasteiger partial charge in [-0.2, -0.15) is 0 Å². The number of ether oxygens (including phenoxy) is 2. The summed E-state index contributed by atoms with van der Waals surface area (Å²) in [6, 6.07) is 4.42. The van der Waals surface area contributed by atoms with Gasteiger partial charge in [0.1, 0.15) is 0 Å². The van der Waals surface area contributed by atoms with Crippen molar-refractivity contribution < 1.29 is 9.47 Å². The number of aryl methyl sites for hydroxylation is 1. The molecule has 1 aliphatic rings. The van der Waals surface area contributed by atoms with E-state index in [0.29, 0.717) is 6.04 Å². The molecule has 1 aliphatic heterocycles. The fraction of sp³-hybridized carbons (Fsp3) is 0.667. The lowest BCUT2D eigenvalue weighted by Crippen LogP contribution is -2.47. The van der Waals surface area contributed by atoms with Gasteiger partial charge in [-0.15, -0.1) is 0 Å². The third-order valence-corrected chi connectivity index (χ3v) is 3.77. The summed E-state index contributed by atoms with van der Waals surface area (Å²) in [6.45, 7) is 8.86. The van der Waals surface area contributed by atoms with E-state index in [1.807, 2.05) is 19.1 Å². The van der Waals surface area contributed by atoms with Crippen LogP contribution in [-0.2, 0) is 4.74 Å². The highest BCUT2D eigenvalue weighted by atomic mass is 16.5. The van der Waals surface area contributed by atoms with E-state index in [2.05, 4.69) is 28.8 Å². The molecule has 1 aromatic heterocycles. The summed E-state index contributed by atoms with van der Waals surface area (Å²) < 4.78 is 10.8. The number of likely N-dealkylation sites (N-methyl/N-ethyl adjacent to an activating group) is 1. The van der Waals surface area contributed by atoms with Crippen molar-refractivity contribution >= 4 is 5.82 Å². The van der Waals surface area contributed by atoms with E-state index >= 15 is 0 Å². The molecule has 0 N–H and O–H groups in total. The van der Waals surface area contributed by atoms with Crippen LogP contribution in [0.15, 0.2) is 12.1 Å². The predicted molar refractivity (Wildman–Crippen MR) is 80.7 cm³/mol. The third kappa shape index (κ3) is 3.61. The molecule has 0 spiro atoms. The molecule has 0 aliphatic carbocycles. The zero-order valence-corrected chi connectivity index (χ0v) is 12.9. The van der Waals surface area contributed by atoms with Gasteiger partial charge in [-0.25, -0.2) is 4.98 Å². The maximum atomic E-state index is 5.41. The van der Waals surface area contributed by atoms with Crippen LogP contribution in [0.5, 0.6) is 5.75 Å². The lowest BCUT2D eigenvalue weighted by atomic mass is 10.2. The third-order valence-electron chi connectivity index (χ3n) is 3.77. The van der Waals surface area contributed by atoms with Crippen molar-refractivity contribution in [1.82, 2.24) is 9.88 Å². The van der Waals surface area contributed by atoms with Crippen LogP contribution >= 0.6 is 0 Å². The molecular formula is C15H25N3O2. The summed E-state index contributed by atoms with van der Waals surface area (Å²) in [4.78, 5) is 9.23. The Labute approximate surface area is 121 Å². The Hall–Kier alpha value is -1.33. The number of aromatic nitrogens is 1. The summed E-state index contributed by atoms with van der Waals surface area (Å²) in [5, 5.41) is 0. The fourth-order valence-electron chi connectivity index (χ4n) is 2.58. The van der Waals surface area contributed by atoms with Gasteiger partial charge in [0, 0.05) is 38.4 Å². The van der Waals surface area contributed by atoms with Gasteiger partial charge in [0.15, 0.2) is 11.6 Å². The largest absolute Gasteiger partial charge is 0.493 e. The van der Waals surface area contributed by atoms with E-state index in [0.717, 1.165) is 50.1 Å². The minimum atomic E-state index is 0.468. The van der Waals surface area contributed by atoms with E-state index < -0.39 is 0 Å². The van der Waals surface area contributed by atoms with Gasteiger partial charge in [-0.3, -0.25) is 4.90 Å². The highest BCUT2D eigenvalue weighted by molar-refractivity contribution is 5.52. The summed E-state index contributed by atoms with van der Waals surface area (Å²) >= 11 is 0. The van der Waals surface area contributed by atoms with Crippen LogP contribution in [0.3, 0.4) is 0 Å². The van der Waals surface area contributed by atoms with Crippen molar-refractivity contribution in [1.29, 1.82) is 0 Å². The topological polar surface area (TPSA) is 37.8 Å². The lowest BCUT2D eigenvalue weighted by Gasteiger charge is -2.35. The second-order valence-corrected chi connectivity index (χ2v) is 5.36. The number of hydrogen-bond donors (Lipinski definition) is 0. The van der Waals surface area contributed by atoms with Gasteiger partial charge in [-0.1, -0.05) is 0 Å². The molecule has 1 unspecified atom stereocenters. The van der Waals surface area contributed by atoms with Crippen LogP contribution in [0.1, 0.15) is 12.6 Å². The average molecular weight is 279 g/mol. The molecule has 0 radical (unpaired) electrons. The number of hydrogen-bond acceptors (Lipinski definition) is 5. The van der Waals surface area contributed by atoms with Crippen molar-refractivity contribution in [3.05, 3.63) is 17.8 Å². The first-order valence-electron chi connectivity index (χ1n) is 7.16. The average Bonchev–Trinajstić information content (AvgIpc) is 2.48. The summed E-state index contributed by atoms with van der Waals surface area (Å²) in [6.07, 6.45) is 0. The maximum Gasteiger partial charge on any atom is 0.171 e. The number of rotatable bonds is 5. The summed E-state index contributed by atoms with van der Waals surface area (Å²) in [5.74, 6) is 1.74. The molecule has 0 saturated carbocycles. The van der Waals surface area contributed by atoms with Gasteiger partial charge in [-0.05, 0) is 26.0 Å². The minimum Gasteiger partial charge on any atom is -0.493 e. The van der Waals surface area contributed by atoms with E-state index in [-0.39, 0.29) is 0 Å². The molecule has 1 fully saturated rings. The molecule has 0 amide bonds. The number of morpholine rings is 1. The summed E-state index contributed by atoms with van der Waals surface area (Å²) in [7, 11) is 3.76. The minimum absolute atomic E-state index is 0.468. The molecular weight excluding hydrogens is 254 g/mol. The smallest absolute Gasteiger partial charge is 0.171 e. The van der Waals surface area contributed by atoms with Crippen molar-refractivity contribution in [2.45, 2.75) is 19.9 Å². The highest BCUT2D eigenvalue weighted by Gasteiger charge is 2.20. The predicted octanol–water partition coefficient (Wildman–Crippen LogP) is 1.56. The van der Waals surface area contributed by atoms with Crippen LogP contribution in [0, 0.1) is 6.92 Å². The van der Waals surface area contributed by atoms with Crippen LogP contribution < -0.4 is 9.64 Å². The standard InChI is InChI=1S/C15H25N3O2/c1-12-5-6-14(19-4)15(16-12)17(3)11-13(2)18-7-9-20-10-8-18/h5-6,13H,7-11H2,1-4H3. The van der Waals surface area contributed by atoms with Crippen molar-refractivity contribution in [2.24, 2.45) is 0 Å². The molecule has 112 valence electrons. The van der Waals surface area contributed by atoms with Crippen molar-refractivity contribution in [3.63, 3.8) is 0 Å². The Bertz CT molecular complexity index is 433. The number of methoxy groups -OCH3 is 1. The molecule has 2 rings (SSSR count). The lowest BCUT2D eigenvalue weighted by molar-refractivity contribution is 0.0217. The number of pyridine rings is 1.